The first-order chi connectivity index (χ1) is 8.77. The average Bonchev–Trinajstić information content (AvgIpc) is 2.83. The third kappa shape index (κ3) is 1.67. The molecule has 4 heteroatoms. The molecule has 0 radical (unpaired) electrons. The fourth-order valence-electron chi connectivity index (χ4n) is 2.08. The summed E-state index contributed by atoms with van der Waals surface area (Å²) in [5.74, 6) is 0.841. The van der Waals surface area contributed by atoms with Crippen molar-refractivity contribution in [1.82, 2.24) is 14.6 Å². The van der Waals surface area contributed by atoms with Crippen LogP contribution in [0.3, 0.4) is 0 Å². The van der Waals surface area contributed by atoms with E-state index < -0.39 is 0 Å². The lowest BCUT2D eigenvalue weighted by atomic mass is 10.1. The largest absolute Gasteiger partial charge is 0.324 e. The molecule has 2 heterocycles. The van der Waals surface area contributed by atoms with E-state index in [-0.39, 0.29) is 6.04 Å². The molecule has 1 unspecified atom stereocenters. The first-order valence-corrected chi connectivity index (χ1v) is 5.92. The van der Waals surface area contributed by atoms with Crippen molar-refractivity contribution >= 4 is 5.65 Å². The maximum absolute atomic E-state index is 5.95. The second-order valence-electron chi connectivity index (χ2n) is 4.34. The number of nitrogens with two attached hydrogens (primary N) is 1. The molecule has 0 spiro atoms. The van der Waals surface area contributed by atoms with E-state index in [0.717, 1.165) is 22.6 Å². The highest BCUT2D eigenvalue weighted by atomic mass is 15.2. The molecule has 1 aromatic carbocycles. The second-order valence-corrected chi connectivity index (χ2v) is 4.34. The fourth-order valence-corrected chi connectivity index (χ4v) is 2.08. The van der Waals surface area contributed by atoms with Crippen molar-refractivity contribution in [2.24, 2.45) is 5.73 Å². The van der Waals surface area contributed by atoms with Gasteiger partial charge in [0.1, 0.15) is 0 Å². The van der Waals surface area contributed by atoms with Gasteiger partial charge < -0.3 is 5.73 Å². The molecule has 0 bridgehead atoms. The molecule has 2 aromatic heterocycles. The van der Waals surface area contributed by atoms with Crippen LogP contribution in [-0.4, -0.2) is 14.6 Å². The van der Waals surface area contributed by atoms with E-state index in [0.29, 0.717) is 0 Å². The van der Waals surface area contributed by atoms with Gasteiger partial charge in [-0.1, -0.05) is 36.4 Å². The Morgan fingerprint density at radius 2 is 1.83 bits per heavy atom. The van der Waals surface area contributed by atoms with Crippen LogP contribution in [0.4, 0.5) is 0 Å². The highest BCUT2D eigenvalue weighted by molar-refractivity contribution is 5.61. The minimum Gasteiger partial charge on any atom is -0.324 e. The molecule has 0 saturated carbocycles. The highest BCUT2D eigenvalue weighted by Crippen LogP contribution is 2.21. The molecule has 3 rings (SSSR count). The van der Waals surface area contributed by atoms with Gasteiger partial charge >= 0.3 is 0 Å². The molecule has 4 nitrogen and oxygen atoms in total. The van der Waals surface area contributed by atoms with Crippen molar-refractivity contribution < 1.29 is 0 Å². The molecule has 18 heavy (non-hydrogen) atoms. The van der Waals surface area contributed by atoms with Crippen LogP contribution in [0.5, 0.6) is 0 Å². The van der Waals surface area contributed by atoms with Crippen LogP contribution in [0.1, 0.15) is 18.5 Å². The molecule has 0 amide bonds. The molecular formula is C14H14N4. The maximum Gasteiger partial charge on any atom is 0.168 e. The van der Waals surface area contributed by atoms with Crippen LogP contribution >= 0.6 is 0 Å². The van der Waals surface area contributed by atoms with Crippen LogP contribution < -0.4 is 5.73 Å². The molecule has 0 aliphatic rings. The Balaban J connectivity index is 2.25. The van der Waals surface area contributed by atoms with Gasteiger partial charge in [0.2, 0.25) is 0 Å². The predicted molar refractivity (Wildman–Crippen MR) is 71.0 cm³/mol. The quantitative estimate of drug-likeness (QED) is 0.746. The van der Waals surface area contributed by atoms with Crippen molar-refractivity contribution in [3.8, 4) is 11.4 Å². The Bertz CT molecular complexity index is 671. The summed E-state index contributed by atoms with van der Waals surface area (Å²) < 4.78 is 1.98. The molecule has 90 valence electrons. The summed E-state index contributed by atoms with van der Waals surface area (Å²) in [4.78, 5) is 0. The van der Waals surface area contributed by atoms with Crippen LogP contribution in [0, 0.1) is 0 Å². The molecule has 0 aliphatic heterocycles. The number of rotatable bonds is 2. The Hall–Kier alpha value is -2.20. The smallest absolute Gasteiger partial charge is 0.168 e. The number of benzene rings is 1. The summed E-state index contributed by atoms with van der Waals surface area (Å²) in [6.07, 6.45) is 1.96. The number of hydrogen-bond donors (Lipinski definition) is 1. The second kappa shape index (κ2) is 4.23. The molecule has 2 N–H and O–H groups in total. The van der Waals surface area contributed by atoms with Crippen molar-refractivity contribution in [2.45, 2.75) is 13.0 Å². The lowest BCUT2D eigenvalue weighted by molar-refractivity contribution is 0.816. The average molecular weight is 238 g/mol. The van der Waals surface area contributed by atoms with E-state index >= 15 is 0 Å². The van der Waals surface area contributed by atoms with E-state index in [1.54, 1.807) is 0 Å². The number of nitrogens with zero attached hydrogens (tertiary/aromatic N) is 3. The normalized spacial score (nSPS) is 12.8. The van der Waals surface area contributed by atoms with Crippen LogP contribution in [-0.2, 0) is 0 Å². The number of fused-ring (bicyclic) bond motifs is 1. The van der Waals surface area contributed by atoms with Gasteiger partial charge in [-0.15, -0.1) is 10.2 Å². The SMILES string of the molecule is CC(N)c1cccn2c(-c3ccccc3)nnc12. The Kier molecular flexibility index (Phi) is 2.57. The Morgan fingerprint density at radius 1 is 1.06 bits per heavy atom. The van der Waals surface area contributed by atoms with Gasteiger partial charge in [-0.05, 0) is 13.0 Å². The Labute approximate surface area is 105 Å². The molecule has 0 aliphatic carbocycles. The monoisotopic (exact) mass is 238 g/mol. The molecule has 0 fully saturated rings. The van der Waals surface area contributed by atoms with Gasteiger partial charge in [0.25, 0.3) is 0 Å². The predicted octanol–water partition coefficient (Wildman–Crippen LogP) is 2.42. The molecule has 0 saturated heterocycles. The number of hydrogen-bond acceptors (Lipinski definition) is 3. The highest BCUT2D eigenvalue weighted by Gasteiger charge is 2.12. The summed E-state index contributed by atoms with van der Waals surface area (Å²) >= 11 is 0. The van der Waals surface area contributed by atoms with Crippen molar-refractivity contribution in [1.29, 1.82) is 0 Å². The summed E-state index contributed by atoms with van der Waals surface area (Å²) in [6.45, 7) is 1.95. The number of pyridine rings is 1. The van der Waals surface area contributed by atoms with Crippen molar-refractivity contribution in [3.63, 3.8) is 0 Å². The van der Waals surface area contributed by atoms with Crippen molar-refractivity contribution in [2.75, 3.05) is 0 Å². The van der Waals surface area contributed by atoms with Gasteiger partial charge in [0.05, 0.1) is 0 Å². The Morgan fingerprint density at radius 3 is 2.56 bits per heavy atom. The van der Waals surface area contributed by atoms with Crippen LogP contribution in [0.15, 0.2) is 48.7 Å². The zero-order chi connectivity index (χ0) is 12.5. The summed E-state index contributed by atoms with van der Waals surface area (Å²) in [5, 5.41) is 8.52. The van der Waals surface area contributed by atoms with Crippen LogP contribution in [0.2, 0.25) is 0 Å². The third-order valence-electron chi connectivity index (χ3n) is 2.99. The lowest BCUT2D eigenvalue weighted by Crippen LogP contribution is -2.07. The van der Waals surface area contributed by atoms with E-state index in [2.05, 4.69) is 10.2 Å². The van der Waals surface area contributed by atoms with Gasteiger partial charge in [-0.2, -0.15) is 0 Å². The van der Waals surface area contributed by atoms with Gasteiger partial charge in [0, 0.05) is 23.4 Å². The standard InChI is InChI=1S/C14H14N4/c1-10(15)12-8-5-9-18-13(16-17-14(12)18)11-6-3-2-4-7-11/h2-10H,15H2,1H3. The third-order valence-corrected chi connectivity index (χ3v) is 2.99. The van der Waals surface area contributed by atoms with Crippen molar-refractivity contribution in [3.05, 3.63) is 54.2 Å². The van der Waals surface area contributed by atoms with E-state index in [1.165, 1.54) is 0 Å². The van der Waals surface area contributed by atoms with E-state index in [9.17, 15) is 0 Å². The first-order valence-electron chi connectivity index (χ1n) is 5.92. The zero-order valence-corrected chi connectivity index (χ0v) is 10.1. The molecule has 3 aromatic rings. The van der Waals surface area contributed by atoms with E-state index in [1.807, 2.05) is 60.0 Å². The summed E-state index contributed by atoms with van der Waals surface area (Å²) in [7, 11) is 0. The minimum atomic E-state index is -0.0541. The number of aromatic nitrogens is 3. The van der Waals surface area contributed by atoms with E-state index in [4.69, 9.17) is 5.73 Å². The van der Waals surface area contributed by atoms with Gasteiger partial charge in [-0.3, -0.25) is 4.40 Å². The van der Waals surface area contributed by atoms with Gasteiger partial charge in [-0.25, -0.2) is 0 Å². The zero-order valence-electron chi connectivity index (χ0n) is 10.1. The molecular weight excluding hydrogens is 224 g/mol. The molecule has 1 atom stereocenters. The first kappa shape index (κ1) is 10.9. The summed E-state index contributed by atoms with van der Waals surface area (Å²) in [5.41, 5.74) is 8.83. The topological polar surface area (TPSA) is 56.2 Å². The minimum absolute atomic E-state index is 0.0541. The van der Waals surface area contributed by atoms with Crippen LogP contribution in [0.25, 0.3) is 17.0 Å². The maximum atomic E-state index is 5.95. The van der Waals surface area contributed by atoms with Gasteiger partial charge in [0.15, 0.2) is 11.5 Å². The lowest BCUT2D eigenvalue weighted by Gasteiger charge is -2.06. The fraction of sp³-hybridized carbons (Fsp3) is 0.143. The summed E-state index contributed by atoms with van der Waals surface area (Å²) in [6, 6.07) is 13.9.